The summed E-state index contributed by atoms with van der Waals surface area (Å²) in [6.07, 6.45) is 4.10. The molecule has 2 rings (SSSR count). The lowest BCUT2D eigenvalue weighted by molar-refractivity contribution is 0.0694. The molecule has 0 atom stereocenters. The van der Waals surface area contributed by atoms with Gasteiger partial charge in [0, 0.05) is 17.3 Å². The van der Waals surface area contributed by atoms with E-state index in [1.165, 1.54) is 18.2 Å². The Labute approximate surface area is 116 Å². The fraction of sp³-hybridized carbons (Fsp3) is 0.429. The molecule has 0 aromatic heterocycles. The van der Waals surface area contributed by atoms with Gasteiger partial charge in [0.1, 0.15) is 11.3 Å². The average Bonchev–Trinajstić information content (AvgIpc) is 2.74. The van der Waals surface area contributed by atoms with E-state index in [0.29, 0.717) is 5.69 Å². The number of aromatic hydroxyl groups is 1. The minimum absolute atomic E-state index is 0.187. The Balaban J connectivity index is 2.01. The third-order valence-corrected chi connectivity index (χ3v) is 3.61. The summed E-state index contributed by atoms with van der Waals surface area (Å²) in [5.41, 5.74) is -0.0297. The number of rotatable bonds is 3. The normalized spacial score (nSPS) is 16.6. The van der Waals surface area contributed by atoms with Crippen LogP contribution in [0.15, 0.2) is 18.2 Å². The van der Waals surface area contributed by atoms with Crippen molar-refractivity contribution in [2.45, 2.75) is 38.1 Å². The van der Waals surface area contributed by atoms with E-state index in [1.807, 2.05) is 6.92 Å². The van der Waals surface area contributed by atoms with Crippen molar-refractivity contribution >= 4 is 17.7 Å². The van der Waals surface area contributed by atoms with Crippen molar-refractivity contribution in [2.75, 3.05) is 5.32 Å². The highest BCUT2D eigenvalue weighted by Crippen LogP contribution is 2.29. The van der Waals surface area contributed by atoms with Gasteiger partial charge in [-0.1, -0.05) is 12.8 Å². The maximum absolute atomic E-state index is 11.9. The summed E-state index contributed by atoms with van der Waals surface area (Å²) in [6.45, 7) is 2.00. The standard InChI is InChI=1S/C14H18N2O4/c1-14(6-2-3-7-14)16-13(20)15-9-4-5-10(12(18)19)11(17)8-9/h4-5,8,17H,2-3,6-7H2,1H3,(H,18,19)(H2,15,16,20). The lowest BCUT2D eigenvalue weighted by Crippen LogP contribution is -2.45. The molecular formula is C14H18N2O4. The van der Waals surface area contributed by atoms with E-state index in [-0.39, 0.29) is 22.9 Å². The number of hydrogen-bond acceptors (Lipinski definition) is 3. The summed E-state index contributed by atoms with van der Waals surface area (Å²) >= 11 is 0. The lowest BCUT2D eigenvalue weighted by atomic mass is 10.0. The summed E-state index contributed by atoms with van der Waals surface area (Å²) in [5.74, 6) is -1.58. The molecule has 1 aromatic rings. The van der Waals surface area contributed by atoms with Crippen molar-refractivity contribution in [1.82, 2.24) is 5.32 Å². The highest BCUT2D eigenvalue weighted by atomic mass is 16.4. The number of nitrogens with one attached hydrogen (secondary N) is 2. The van der Waals surface area contributed by atoms with Crippen molar-refractivity contribution in [3.05, 3.63) is 23.8 Å². The molecule has 1 saturated carbocycles. The molecule has 1 aromatic carbocycles. The number of carboxylic acids is 1. The van der Waals surface area contributed by atoms with Crippen LogP contribution in [-0.4, -0.2) is 27.8 Å². The molecule has 0 saturated heterocycles. The number of urea groups is 1. The number of carboxylic acid groups (broad SMARTS) is 1. The van der Waals surface area contributed by atoms with E-state index in [9.17, 15) is 14.7 Å². The molecule has 20 heavy (non-hydrogen) atoms. The number of benzene rings is 1. The van der Waals surface area contributed by atoms with Gasteiger partial charge >= 0.3 is 12.0 Å². The zero-order chi connectivity index (χ0) is 14.8. The summed E-state index contributed by atoms with van der Waals surface area (Å²) in [4.78, 5) is 22.7. The second-order valence-electron chi connectivity index (χ2n) is 5.38. The first kappa shape index (κ1) is 14.2. The highest BCUT2D eigenvalue weighted by Gasteiger charge is 2.30. The summed E-state index contributed by atoms with van der Waals surface area (Å²) < 4.78 is 0. The molecule has 6 nitrogen and oxygen atoms in total. The van der Waals surface area contributed by atoms with Crippen LogP contribution in [0.3, 0.4) is 0 Å². The largest absolute Gasteiger partial charge is 0.507 e. The van der Waals surface area contributed by atoms with E-state index in [2.05, 4.69) is 10.6 Å². The number of phenols is 1. The third kappa shape index (κ3) is 3.20. The smallest absolute Gasteiger partial charge is 0.339 e. The molecule has 2 amide bonds. The monoisotopic (exact) mass is 278 g/mol. The molecule has 0 spiro atoms. The summed E-state index contributed by atoms with van der Waals surface area (Å²) in [7, 11) is 0. The van der Waals surface area contributed by atoms with Gasteiger partial charge in [-0.05, 0) is 31.9 Å². The van der Waals surface area contributed by atoms with E-state index in [1.54, 1.807) is 0 Å². The Morgan fingerprint density at radius 1 is 1.25 bits per heavy atom. The van der Waals surface area contributed by atoms with Crippen molar-refractivity contribution in [1.29, 1.82) is 0 Å². The van der Waals surface area contributed by atoms with Crippen LogP contribution in [0.4, 0.5) is 10.5 Å². The number of hydrogen-bond donors (Lipinski definition) is 4. The quantitative estimate of drug-likeness (QED) is 0.682. The predicted octanol–water partition coefficient (Wildman–Crippen LogP) is 2.54. The molecule has 0 aliphatic heterocycles. The van der Waals surface area contributed by atoms with E-state index < -0.39 is 5.97 Å². The molecule has 1 aliphatic rings. The molecule has 1 fully saturated rings. The zero-order valence-electron chi connectivity index (χ0n) is 11.3. The molecule has 0 unspecified atom stereocenters. The van der Waals surface area contributed by atoms with Gasteiger partial charge in [0.25, 0.3) is 0 Å². The number of carbonyl (C=O) groups excluding carboxylic acids is 1. The molecule has 0 radical (unpaired) electrons. The van der Waals surface area contributed by atoms with E-state index >= 15 is 0 Å². The maximum atomic E-state index is 11.9. The Bertz CT molecular complexity index is 536. The van der Waals surface area contributed by atoms with Crippen molar-refractivity contribution in [3.8, 4) is 5.75 Å². The molecule has 4 N–H and O–H groups in total. The lowest BCUT2D eigenvalue weighted by Gasteiger charge is -2.25. The predicted molar refractivity (Wildman–Crippen MR) is 74.1 cm³/mol. The average molecular weight is 278 g/mol. The van der Waals surface area contributed by atoms with Crippen LogP contribution in [0.5, 0.6) is 5.75 Å². The van der Waals surface area contributed by atoms with Crippen LogP contribution in [0.2, 0.25) is 0 Å². The van der Waals surface area contributed by atoms with Crippen LogP contribution < -0.4 is 10.6 Å². The third-order valence-electron chi connectivity index (χ3n) is 3.61. The van der Waals surface area contributed by atoms with Crippen molar-refractivity contribution < 1.29 is 19.8 Å². The number of carbonyl (C=O) groups is 2. The van der Waals surface area contributed by atoms with Gasteiger partial charge in [-0.15, -0.1) is 0 Å². The fourth-order valence-electron chi connectivity index (χ4n) is 2.51. The maximum Gasteiger partial charge on any atom is 0.339 e. The van der Waals surface area contributed by atoms with Gasteiger partial charge in [-0.3, -0.25) is 0 Å². The summed E-state index contributed by atoms with van der Waals surface area (Å²) in [6, 6.07) is 3.57. The molecule has 0 heterocycles. The second kappa shape index (κ2) is 5.40. The van der Waals surface area contributed by atoms with Crippen molar-refractivity contribution in [2.24, 2.45) is 0 Å². The first-order valence-corrected chi connectivity index (χ1v) is 6.55. The van der Waals surface area contributed by atoms with Gasteiger partial charge in [0.15, 0.2) is 0 Å². The minimum Gasteiger partial charge on any atom is -0.507 e. The van der Waals surface area contributed by atoms with Gasteiger partial charge in [-0.2, -0.15) is 0 Å². The second-order valence-corrected chi connectivity index (χ2v) is 5.38. The van der Waals surface area contributed by atoms with Crippen LogP contribution >= 0.6 is 0 Å². The number of aromatic carboxylic acids is 1. The van der Waals surface area contributed by atoms with Gasteiger partial charge in [0.05, 0.1) is 0 Å². The Morgan fingerprint density at radius 2 is 1.90 bits per heavy atom. The van der Waals surface area contributed by atoms with Crippen LogP contribution in [-0.2, 0) is 0 Å². The van der Waals surface area contributed by atoms with Gasteiger partial charge in [-0.25, -0.2) is 9.59 Å². The molecule has 6 heteroatoms. The van der Waals surface area contributed by atoms with Gasteiger partial charge in [0.2, 0.25) is 0 Å². The molecular weight excluding hydrogens is 260 g/mol. The highest BCUT2D eigenvalue weighted by molar-refractivity contribution is 5.94. The minimum atomic E-state index is -1.21. The topological polar surface area (TPSA) is 98.7 Å². The molecule has 108 valence electrons. The first-order valence-electron chi connectivity index (χ1n) is 6.55. The SMILES string of the molecule is CC1(NC(=O)Nc2ccc(C(=O)O)c(O)c2)CCCC1. The Hall–Kier alpha value is -2.24. The molecule has 1 aliphatic carbocycles. The summed E-state index contributed by atoms with van der Waals surface area (Å²) in [5, 5.41) is 23.9. The van der Waals surface area contributed by atoms with E-state index in [0.717, 1.165) is 25.7 Å². The Morgan fingerprint density at radius 3 is 2.45 bits per heavy atom. The van der Waals surface area contributed by atoms with Crippen LogP contribution in [0.1, 0.15) is 43.0 Å². The number of amides is 2. The Kier molecular flexibility index (Phi) is 3.83. The molecule has 0 bridgehead atoms. The first-order chi connectivity index (χ1) is 9.39. The number of anilines is 1. The van der Waals surface area contributed by atoms with E-state index in [4.69, 9.17) is 5.11 Å². The van der Waals surface area contributed by atoms with Crippen molar-refractivity contribution in [3.63, 3.8) is 0 Å². The zero-order valence-corrected chi connectivity index (χ0v) is 11.3. The van der Waals surface area contributed by atoms with Gasteiger partial charge < -0.3 is 20.8 Å². The fourth-order valence-corrected chi connectivity index (χ4v) is 2.51. The van der Waals surface area contributed by atoms with Crippen LogP contribution in [0.25, 0.3) is 0 Å². The van der Waals surface area contributed by atoms with Crippen LogP contribution in [0, 0.1) is 0 Å².